The molecule has 0 bridgehead atoms. The molecular formula is C13H18N2O2S2. The first-order valence-corrected chi connectivity index (χ1v) is 8.49. The molecule has 1 aromatic carbocycles. The van der Waals surface area contributed by atoms with Crippen LogP contribution in [0.2, 0.25) is 0 Å². The zero-order valence-electron chi connectivity index (χ0n) is 11.5. The Hall–Kier alpha value is -0.980. The molecule has 0 spiro atoms. The van der Waals surface area contributed by atoms with Gasteiger partial charge >= 0.3 is 0 Å². The van der Waals surface area contributed by atoms with Gasteiger partial charge < -0.3 is 0 Å². The van der Waals surface area contributed by atoms with Crippen molar-refractivity contribution in [2.75, 3.05) is 0 Å². The molecule has 1 aromatic heterocycles. The van der Waals surface area contributed by atoms with E-state index in [1.165, 1.54) is 15.6 Å². The molecule has 4 nitrogen and oxygen atoms in total. The zero-order valence-corrected chi connectivity index (χ0v) is 13.1. The molecule has 2 aromatic rings. The highest BCUT2D eigenvalue weighted by molar-refractivity contribution is 7.91. The second kappa shape index (κ2) is 5.19. The highest BCUT2D eigenvalue weighted by Gasteiger charge is 2.32. The molecule has 0 unspecified atom stereocenters. The average Bonchev–Trinajstić information content (AvgIpc) is 2.71. The predicted molar refractivity (Wildman–Crippen MR) is 78.9 cm³/mol. The van der Waals surface area contributed by atoms with Crippen molar-refractivity contribution in [1.29, 1.82) is 0 Å². The molecule has 0 aliphatic carbocycles. The fourth-order valence-corrected chi connectivity index (χ4v) is 5.35. The molecule has 1 heterocycles. The first-order chi connectivity index (χ1) is 8.84. The number of fused-ring (bicyclic) bond motifs is 1. The number of benzene rings is 1. The quantitative estimate of drug-likeness (QED) is 0.871. The van der Waals surface area contributed by atoms with Crippen LogP contribution in [0.5, 0.6) is 0 Å². The summed E-state index contributed by atoms with van der Waals surface area (Å²) in [6.07, 6.45) is 0. The van der Waals surface area contributed by atoms with Crippen molar-refractivity contribution >= 4 is 31.6 Å². The Morgan fingerprint density at radius 3 is 2.21 bits per heavy atom. The van der Waals surface area contributed by atoms with E-state index in [1.807, 2.05) is 52.0 Å². The minimum atomic E-state index is -3.52. The third kappa shape index (κ3) is 2.66. The largest absolute Gasteiger partial charge is 0.270 e. The standard InChI is InChI=1S/C13H18N2O2S2/c1-9(2)15(10(3)4)19(16,17)13-14-11-7-5-6-8-12(11)18-13/h5-10H,1-4H3. The van der Waals surface area contributed by atoms with E-state index in [9.17, 15) is 8.42 Å². The molecule has 0 saturated heterocycles. The Balaban J connectivity index is 2.54. The van der Waals surface area contributed by atoms with E-state index in [2.05, 4.69) is 4.98 Å². The molecule has 6 heteroatoms. The van der Waals surface area contributed by atoms with E-state index >= 15 is 0 Å². The van der Waals surface area contributed by atoms with Crippen LogP contribution in [0.15, 0.2) is 28.6 Å². The fourth-order valence-electron chi connectivity index (χ4n) is 2.20. The number of rotatable bonds is 4. The highest BCUT2D eigenvalue weighted by Crippen LogP contribution is 2.29. The van der Waals surface area contributed by atoms with Gasteiger partial charge in [-0.1, -0.05) is 12.1 Å². The van der Waals surface area contributed by atoms with Gasteiger partial charge in [-0.15, -0.1) is 11.3 Å². The van der Waals surface area contributed by atoms with Gasteiger partial charge in [0.05, 0.1) is 10.2 Å². The Bertz CT molecular complexity index is 634. The van der Waals surface area contributed by atoms with Crippen LogP contribution in [-0.4, -0.2) is 29.8 Å². The third-order valence-electron chi connectivity index (χ3n) is 2.79. The molecule has 104 valence electrons. The topological polar surface area (TPSA) is 50.3 Å². The van der Waals surface area contributed by atoms with E-state index in [-0.39, 0.29) is 16.4 Å². The van der Waals surface area contributed by atoms with Crippen molar-refractivity contribution in [3.63, 3.8) is 0 Å². The number of aromatic nitrogens is 1. The van der Waals surface area contributed by atoms with Crippen LogP contribution >= 0.6 is 11.3 Å². The minimum absolute atomic E-state index is 0.0861. The lowest BCUT2D eigenvalue weighted by atomic mass is 10.3. The number of nitrogens with zero attached hydrogens (tertiary/aromatic N) is 2. The maximum Gasteiger partial charge on any atom is 0.270 e. The van der Waals surface area contributed by atoms with E-state index in [0.29, 0.717) is 0 Å². The van der Waals surface area contributed by atoms with Crippen molar-refractivity contribution in [1.82, 2.24) is 9.29 Å². The van der Waals surface area contributed by atoms with Crippen LogP contribution in [0, 0.1) is 0 Å². The molecule has 2 rings (SSSR count). The summed E-state index contributed by atoms with van der Waals surface area (Å²) in [5, 5.41) is 0. The Labute approximate surface area is 118 Å². The normalized spacial score (nSPS) is 13.0. The van der Waals surface area contributed by atoms with E-state index in [4.69, 9.17) is 0 Å². The number of sulfonamides is 1. The second-order valence-electron chi connectivity index (χ2n) is 4.97. The monoisotopic (exact) mass is 298 g/mol. The molecule has 0 aliphatic rings. The van der Waals surface area contributed by atoms with Crippen LogP contribution in [0.3, 0.4) is 0 Å². The van der Waals surface area contributed by atoms with Gasteiger partial charge in [-0.05, 0) is 39.8 Å². The van der Waals surface area contributed by atoms with Crippen LogP contribution in [0.25, 0.3) is 10.2 Å². The molecule has 0 N–H and O–H groups in total. The lowest BCUT2D eigenvalue weighted by Crippen LogP contribution is -2.41. The second-order valence-corrected chi connectivity index (χ2v) is 8.02. The van der Waals surface area contributed by atoms with Crippen LogP contribution in [0.1, 0.15) is 27.7 Å². The van der Waals surface area contributed by atoms with E-state index < -0.39 is 10.0 Å². The van der Waals surface area contributed by atoms with Crippen molar-refractivity contribution in [2.45, 2.75) is 44.1 Å². The molecular weight excluding hydrogens is 280 g/mol. The maximum atomic E-state index is 12.7. The maximum absolute atomic E-state index is 12.7. The lowest BCUT2D eigenvalue weighted by molar-refractivity contribution is 0.302. The molecule has 0 amide bonds. The smallest absolute Gasteiger partial charge is 0.224 e. The van der Waals surface area contributed by atoms with Crippen LogP contribution < -0.4 is 0 Å². The lowest BCUT2D eigenvalue weighted by Gasteiger charge is -2.28. The Morgan fingerprint density at radius 2 is 1.68 bits per heavy atom. The molecule has 0 aliphatic heterocycles. The minimum Gasteiger partial charge on any atom is -0.224 e. The first-order valence-electron chi connectivity index (χ1n) is 6.23. The molecule has 0 saturated carbocycles. The summed E-state index contributed by atoms with van der Waals surface area (Å²) in [7, 11) is -3.52. The molecule has 0 radical (unpaired) electrons. The van der Waals surface area contributed by atoms with Crippen molar-refractivity contribution < 1.29 is 8.42 Å². The summed E-state index contributed by atoms with van der Waals surface area (Å²) in [6.45, 7) is 7.52. The Morgan fingerprint density at radius 1 is 1.11 bits per heavy atom. The van der Waals surface area contributed by atoms with Gasteiger partial charge in [0.15, 0.2) is 0 Å². The summed E-state index contributed by atoms with van der Waals surface area (Å²) in [5.41, 5.74) is 0.735. The predicted octanol–water partition coefficient (Wildman–Crippen LogP) is 3.10. The number of thiazole rings is 1. The van der Waals surface area contributed by atoms with E-state index in [0.717, 1.165) is 10.2 Å². The van der Waals surface area contributed by atoms with Gasteiger partial charge in [0, 0.05) is 12.1 Å². The van der Waals surface area contributed by atoms with Gasteiger partial charge in [0.2, 0.25) is 4.34 Å². The number of hydrogen-bond donors (Lipinski definition) is 0. The van der Waals surface area contributed by atoms with Gasteiger partial charge in [0.25, 0.3) is 10.0 Å². The third-order valence-corrected chi connectivity index (χ3v) is 6.43. The molecule has 0 atom stereocenters. The van der Waals surface area contributed by atoms with Gasteiger partial charge in [-0.3, -0.25) is 0 Å². The van der Waals surface area contributed by atoms with Crippen molar-refractivity contribution in [2.24, 2.45) is 0 Å². The Kier molecular flexibility index (Phi) is 3.94. The van der Waals surface area contributed by atoms with Crippen molar-refractivity contribution in [3.05, 3.63) is 24.3 Å². The first kappa shape index (κ1) is 14.4. The molecule has 0 fully saturated rings. The average molecular weight is 298 g/mol. The number of para-hydroxylation sites is 1. The summed E-state index contributed by atoms with van der Waals surface area (Å²) < 4.78 is 27.9. The SMILES string of the molecule is CC(C)N(C(C)C)S(=O)(=O)c1nc2ccccc2s1. The van der Waals surface area contributed by atoms with Crippen LogP contribution in [0.4, 0.5) is 0 Å². The summed E-state index contributed by atoms with van der Waals surface area (Å²) in [4.78, 5) is 4.26. The van der Waals surface area contributed by atoms with Gasteiger partial charge in [0.1, 0.15) is 0 Å². The summed E-state index contributed by atoms with van der Waals surface area (Å²) in [5.74, 6) is 0. The van der Waals surface area contributed by atoms with Gasteiger partial charge in [-0.25, -0.2) is 13.4 Å². The van der Waals surface area contributed by atoms with E-state index in [1.54, 1.807) is 0 Å². The van der Waals surface area contributed by atoms with Crippen molar-refractivity contribution in [3.8, 4) is 0 Å². The number of hydrogen-bond acceptors (Lipinski definition) is 4. The zero-order chi connectivity index (χ0) is 14.2. The summed E-state index contributed by atoms with van der Waals surface area (Å²) in [6, 6.07) is 7.30. The van der Waals surface area contributed by atoms with Crippen LogP contribution in [-0.2, 0) is 10.0 Å². The fraction of sp³-hybridized carbons (Fsp3) is 0.462. The van der Waals surface area contributed by atoms with Gasteiger partial charge in [-0.2, -0.15) is 4.31 Å². The summed E-state index contributed by atoms with van der Waals surface area (Å²) >= 11 is 1.23. The highest BCUT2D eigenvalue weighted by atomic mass is 32.2. The molecule has 19 heavy (non-hydrogen) atoms.